The molecule has 0 fully saturated rings. The Bertz CT molecular complexity index is 2490. The molecular weight excluding hydrogens is 637 g/mol. The molecule has 0 bridgehead atoms. The Hall–Kier alpha value is -5.82. The first-order valence-electron chi connectivity index (χ1n) is 16.3. The second-order valence-electron chi connectivity index (χ2n) is 12.3. The monoisotopic (exact) mass is 666 g/mol. The van der Waals surface area contributed by atoms with Crippen molar-refractivity contribution in [3.63, 3.8) is 0 Å². The van der Waals surface area contributed by atoms with E-state index >= 15 is 0 Å². The van der Waals surface area contributed by atoms with Crippen molar-refractivity contribution in [2.75, 3.05) is 0 Å². The Kier molecular flexibility index (Phi) is 6.83. The van der Waals surface area contributed by atoms with Gasteiger partial charge in [-0.15, -0.1) is 0 Å². The van der Waals surface area contributed by atoms with Crippen molar-refractivity contribution in [3.05, 3.63) is 182 Å². The first-order chi connectivity index (χ1) is 24.1. The molecule has 0 radical (unpaired) electrons. The molecule has 1 aliphatic rings. The smallest absolute Gasteiger partial charge is 0.211 e. The molecule has 1 aromatic heterocycles. The number of sulfone groups is 1. The Morgan fingerprint density at radius 3 is 1.55 bits per heavy atom. The van der Waals surface area contributed by atoms with Gasteiger partial charge in [-0.25, -0.2) is 13.4 Å². The summed E-state index contributed by atoms with van der Waals surface area (Å²) in [6, 6.07) is 62.1. The highest BCUT2D eigenvalue weighted by molar-refractivity contribution is 7.92. The van der Waals surface area contributed by atoms with Gasteiger partial charge in [0.15, 0.2) is 8.07 Å². The van der Waals surface area contributed by atoms with Crippen LogP contribution in [0.2, 0.25) is 0 Å². The van der Waals surface area contributed by atoms with E-state index in [4.69, 9.17) is 4.98 Å². The predicted octanol–water partition coefficient (Wildman–Crippen LogP) is 6.88. The molecule has 0 unspecified atom stereocenters. The molecule has 9 rings (SSSR count). The highest BCUT2D eigenvalue weighted by atomic mass is 32.2. The topological polar surface area (TPSA) is 52.0 Å². The number of hydrogen-bond acceptors (Lipinski definition) is 3. The van der Waals surface area contributed by atoms with Gasteiger partial charge in [-0.2, -0.15) is 0 Å². The summed E-state index contributed by atoms with van der Waals surface area (Å²) in [5, 5.41) is 5.08. The Morgan fingerprint density at radius 1 is 0.469 bits per heavy atom. The van der Waals surface area contributed by atoms with Gasteiger partial charge in [0.25, 0.3) is 0 Å². The van der Waals surface area contributed by atoms with Crippen molar-refractivity contribution >= 4 is 49.7 Å². The number of nitrogens with zero attached hydrogens (tertiary/aromatic N) is 2. The Morgan fingerprint density at radius 2 is 0.980 bits per heavy atom. The maximum absolute atomic E-state index is 14.6. The minimum atomic E-state index is -3.87. The SMILES string of the molecule is O=S1(=O)c2c(-c3ccc([Si](c4ccccc4)(c4ccccc4)c4ccccc4)cc3)cccc2-n2c(-c3ccccc3)nc3cccc1c32. The zero-order chi connectivity index (χ0) is 33.0. The van der Waals surface area contributed by atoms with Crippen LogP contribution in [0.15, 0.2) is 192 Å². The molecule has 0 atom stereocenters. The molecule has 0 spiro atoms. The van der Waals surface area contributed by atoms with Crippen molar-refractivity contribution in [3.8, 4) is 28.2 Å². The normalized spacial score (nSPS) is 13.2. The molecule has 6 heteroatoms. The quantitative estimate of drug-likeness (QED) is 0.144. The molecular formula is C43H30N2O2SSi. The molecule has 2 heterocycles. The summed E-state index contributed by atoms with van der Waals surface area (Å²) >= 11 is 0. The molecule has 1 aliphatic heterocycles. The van der Waals surface area contributed by atoms with E-state index in [2.05, 4.69) is 115 Å². The first kappa shape index (κ1) is 29.3. The number of fused-ring (bicyclic) bond motifs is 2. The third-order valence-electron chi connectivity index (χ3n) is 9.71. The average molecular weight is 667 g/mol. The van der Waals surface area contributed by atoms with E-state index in [1.165, 1.54) is 20.7 Å². The average Bonchev–Trinajstić information content (AvgIpc) is 3.56. The van der Waals surface area contributed by atoms with Crippen LogP contribution in [-0.2, 0) is 9.84 Å². The molecule has 0 N–H and O–H groups in total. The summed E-state index contributed by atoms with van der Waals surface area (Å²) in [7, 11) is -6.60. The maximum atomic E-state index is 14.6. The second kappa shape index (κ2) is 11.4. The fourth-order valence-corrected chi connectivity index (χ4v) is 14.2. The van der Waals surface area contributed by atoms with E-state index in [0.717, 1.165) is 17.0 Å². The van der Waals surface area contributed by atoms with Gasteiger partial charge in [-0.1, -0.05) is 164 Å². The van der Waals surface area contributed by atoms with E-state index < -0.39 is 17.9 Å². The van der Waals surface area contributed by atoms with E-state index in [0.29, 0.717) is 27.2 Å². The number of hydrogen-bond donors (Lipinski definition) is 0. The van der Waals surface area contributed by atoms with Crippen molar-refractivity contribution in [1.29, 1.82) is 0 Å². The number of aromatic nitrogens is 2. The van der Waals surface area contributed by atoms with Crippen LogP contribution >= 0.6 is 0 Å². The van der Waals surface area contributed by atoms with Gasteiger partial charge < -0.3 is 0 Å². The fraction of sp³-hybridized carbons (Fsp3) is 0. The van der Waals surface area contributed by atoms with Crippen LogP contribution in [0.3, 0.4) is 0 Å². The third-order valence-corrected chi connectivity index (χ3v) is 16.4. The van der Waals surface area contributed by atoms with Gasteiger partial charge in [-0.3, -0.25) is 4.57 Å². The second-order valence-corrected chi connectivity index (χ2v) is 18.0. The number of para-hydroxylation sites is 1. The lowest BCUT2D eigenvalue weighted by Gasteiger charge is -2.34. The number of imidazole rings is 1. The van der Waals surface area contributed by atoms with E-state index in [9.17, 15) is 8.42 Å². The van der Waals surface area contributed by atoms with Gasteiger partial charge in [-0.05, 0) is 44.5 Å². The summed E-state index contributed by atoms with van der Waals surface area (Å²) in [5.74, 6) is 0.719. The lowest BCUT2D eigenvalue weighted by molar-refractivity contribution is 0.595. The minimum absolute atomic E-state index is 0.278. The largest absolute Gasteiger partial charge is 0.290 e. The highest BCUT2D eigenvalue weighted by Crippen LogP contribution is 2.45. The molecule has 0 aliphatic carbocycles. The standard InChI is InChI=1S/C43H30N2O2SSi/c46-48(47)40-26-14-24-38-41(40)45(43(44-38)32-15-5-1-6-16-32)39-25-13-23-37(42(39)48)31-27-29-36(30-28-31)49(33-17-7-2-8-18-33,34-19-9-3-10-20-34)35-21-11-4-12-22-35/h1-30H. The third kappa shape index (κ3) is 4.42. The van der Waals surface area contributed by atoms with E-state index in [1.807, 2.05) is 59.2 Å². The molecule has 0 saturated heterocycles. The lowest BCUT2D eigenvalue weighted by atomic mass is 10.0. The van der Waals surface area contributed by atoms with Crippen LogP contribution in [0.5, 0.6) is 0 Å². The van der Waals surface area contributed by atoms with Crippen LogP contribution in [0, 0.1) is 0 Å². The van der Waals surface area contributed by atoms with Crippen molar-refractivity contribution in [2.24, 2.45) is 0 Å². The van der Waals surface area contributed by atoms with Crippen molar-refractivity contribution in [1.82, 2.24) is 9.55 Å². The van der Waals surface area contributed by atoms with Gasteiger partial charge in [0.05, 0.1) is 21.6 Å². The van der Waals surface area contributed by atoms with Crippen LogP contribution < -0.4 is 20.7 Å². The molecule has 8 aromatic rings. The Labute approximate surface area is 286 Å². The zero-order valence-corrected chi connectivity index (χ0v) is 28.3. The molecule has 4 nitrogen and oxygen atoms in total. The van der Waals surface area contributed by atoms with E-state index in [1.54, 1.807) is 12.1 Å². The summed E-state index contributed by atoms with van der Waals surface area (Å²) in [6.07, 6.45) is 0. The fourth-order valence-electron chi connectivity index (χ4n) is 7.61. The maximum Gasteiger partial charge on any atom is 0.211 e. The minimum Gasteiger partial charge on any atom is -0.290 e. The summed E-state index contributed by atoms with van der Waals surface area (Å²) in [5.41, 5.74) is 4.33. The zero-order valence-electron chi connectivity index (χ0n) is 26.4. The van der Waals surface area contributed by atoms with Crippen LogP contribution in [-0.4, -0.2) is 26.0 Å². The molecule has 234 valence electrons. The van der Waals surface area contributed by atoms with Gasteiger partial charge >= 0.3 is 0 Å². The van der Waals surface area contributed by atoms with Crippen LogP contribution in [0.1, 0.15) is 0 Å². The summed E-state index contributed by atoms with van der Waals surface area (Å²) < 4.78 is 31.2. The highest BCUT2D eigenvalue weighted by Gasteiger charge is 2.41. The summed E-state index contributed by atoms with van der Waals surface area (Å²) in [6.45, 7) is 0. The molecule has 49 heavy (non-hydrogen) atoms. The number of benzene rings is 7. The van der Waals surface area contributed by atoms with E-state index in [-0.39, 0.29) is 4.90 Å². The van der Waals surface area contributed by atoms with Crippen LogP contribution in [0.25, 0.3) is 39.2 Å². The first-order valence-corrected chi connectivity index (χ1v) is 19.8. The lowest BCUT2D eigenvalue weighted by Crippen LogP contribution is -2.74. The van der Waals surface area contributed by atoms with Crippen LogP contribution in [0.4, 0.5) is 0 Å². The molecule has 0 saturated carbocycles. The summed E-state index contributed by atoms with van der Waals surface area (Å²) in [4.78, 5) is 5.53. The van der Waals surface area contributed by atoms with Crippen molar-refractivity contribution < 1.29 is 8.42 Å². The van der Waals surface area contributed by atoms with Gasteiger partial charge in [0, 0.05) is 11.1 Å². The van der Waals surface area contributed by atoms with Gasteiger partial charge in [0.2, 0.25) is 9.84 Å². The van der Waals surface area contributed by atoms with Crippen molar-refractivity contribution in [2.45, 2.75) is 9.79 Å². The van der Waals surface area contributed by atoms with Gasteiger partial charge in [0.1, 0.15) is 10.7 Å². The molecule has 7 aromatic carbocycles. The Balaban J connectivity index is 1.27. The molecule has 0 amide bonds. The number of rotatable bonds is 6. The predicted molar refractivity (Wildman–Crippen MR) is 201 cm³/mol.